The summed E-state index contributed by atoms with van der Waals surface area (Å²) < 4.78 is 5.41. The van der Waals surface area contributed by atoms with E-state index >= 15 is 0 Å². The van der Waals surface area contributed by atoms with Gasteiger partial charge in [-0.2, -0.15) is 0 Å². The van der Waals surface area contributed by atoms with Gasteiger partial charge in [-0.25, -0.2) is 0 Å². The van der Waals surface area contributed by atoms with Crippen LogP contribution in [-0.2, 0) is 9.53 Å². The highest BCUT2D eigenvalue weighted by Gasteiger charge is 2.33. The summed E-state index contributed by atoms with van der Waals surface area (Å²) in [7, 11) is 0. The van der Waals surface area contributed by atoms with Crippen molar-refractivity contribution in [3.63, 3.8) is 0 Å². The number of hydrogen-bond donors (Lipinski definition) is 1. The Kier molecular flexibility index (Phi) is 3.25. The Morgan fingerprint density at radius 1 is 1.31 bits per heavy atom. The van der Waals surface area contributed by atoms with Crippen LogP contribution >= 0.6 is 0 Å². The number of hydrogen-bond acceptors (Lipinski definition) is 3. The quantitative estimate of drug-likeness (QED) is 0.772. The van der Waals surface area contributed by atoms with Crippen LogP contribution in [0.25, 0.3) is 0 Å². The molecule has 86 valence electrons. The van der Waals surface area contributed by atoms with Crippen LogP contribution in [0.4, 0.5) is 0 Å². The zero-order chi connectivity index (χ0) is 11.5. The third kappa shape index (κ3) is 2.25. The van der Waals surface area contributed by atoms with E-state index in [1.807, 2.05) is 18.2 Å². The zero-order valence-electron chi connectivity index (χ0n) is 9.64. The predicted octanol–water partition coefficient (Wildman–Crippen LogP) is 1.90. The van der Waals surface area contributed by atoms with Gasteiger partial charge in [-0.1, -0.05) is 44.2 Å². The lowest BCUT2D eigenvalue weighted by Gasteiger charge is -2.34. The average molecular weight is 219 g/mol. The second-order valence-electron chi connectivity index (χ2n) is 4.47. The molecule has 16 heavy (non-hydrogen) atoms. The van der Waals surface area contributed by atoms with Crippen LogP contribution in [-0.4, -0.2) is 18.6 Å². The molecule has 0 bridgehead atoms. The van der Waals surface area contributed by atoms with Gasteiger partial charge < -0.3 is 4.74 Å². The first kappa shape index (κ1) is 11.1. The number of ether oxygens (including phenoxy) is 1. The standard InChI is InChI=1S/C13H17NO2/c1-9(2)13-12(14-8-11(15)16-13)10-6-4-3-5-7-10/h3-7,9,12-14H,8H2,1-2H3/t12-,13+/m1/s1. The number of carbonyl (C=O) groups excluding carboxylic acids is 1. The average Bonchev–Trinajstić information content (AvgIpc) is 2.30. The van der Waals surface area contributed by atoms with Crippen molar-refractivity contribution in [2.45, 2.75) is 26.0 Å². The topological polar surface area (TPSA) is 38.3 Å². The molecule has 3 nitrogen and oxygen atoms in total. The van der Waals surface area contributed by atoms with E-state index in [4.69, 9.17) is 4.74 Å². The van der Waals surface area contributed by atoms with Crippen LogP contribution < -0.4 is 5.32 Å². The van der Waals surface area contributed by atoms with Gasteiger partial charge in [0.2, 0.25) is 0 Å². The highest BCUT2D eigenvalue weighted by Crippen LogP contribution is 2.27. The van der Waals surface area contributed by atoms with Crippen molar-refractivity contribution in [3.05, 3.63) is 35.9 Å². The van der Waals surface area contributed by atoms with Gasteiger partial charge in [-0.05, 0) is 11.5 Å². The molecule has 0 aromatic heterocycles. The van der Waals surface area contributed by atoms with Crippen molar-refractivity contribution in [1.82, 2.24) is 5.32 Å². The normalized spacial score (nSPS) is 25.6. The number of esters is 1. The maximum atomic E-state index is 11.3. The predicted molar refractivity (Wildman–Crippen MR) is 61.9 cm³/mol. The van der Waals surface area contributed by atoms with Crippen molar-refractivity contribution < 1.29 is 9.53 Å². The van der Waals surface area contributed by atoms with Crippen LogP contribution in [0.5, 0.6) is 0 Å². The van der Waals surface area contributed by atoms with E-state index in [1.54, 1.807) is 0 Å². The lowest BCUT2D eigenvalue weighted by Crippen LogP contribution is -2.47. The molecule has 1 heterocycles. The summed E-state index contributed by atoms with van der Waals surface area (Å²) in [6.45, 7) is 4.44. The van der Waals surface area contributed by atoms with Gasteiger partial charge >= 0.3 is 5.97 Å². The fourth-order valence-corrected chi connectivity index (χ4v) is 2.06. The summed E-state index contributed by atoms with van der Waals surface area (Å²) in [4.78, 5) is 11.3. The summed E-state index contributed by atoms with van der Waals surface area (Å²) in [5.74, 6) is 0.146. The minimum Gasteiger partial charge on any atom is -0.459 e. The van der Waals surface area contributed by atoms with Crippen LogP contribution in [0.15, 0.2) is 30.3 Å². The summed E-state index contributed by atoms with van der Waals surface area (Å²) in [6, 6.07) is 10.2. The zero-order valence-corrected chi connectivity index (χ0v) is 9.64. The Morgan fingerprint density at radius 3 is 2.62 bits per heavy atom. The van der Waals surface area contributed by atoms with Crippen molar-refractivity contribution in [1.29, 1.82) is 0 Å². The van der Waals surface area contributed by atoms with E-state index in [2.05, 4.69) is 31.3 Å². The molecule has 0 unspecified atom stereocenters. The van der Waals surface area contributed by atoms with Gasteiger partial charge in [-0.15, -0.1) is 0 Å². The number of benzene rings is 1. The molecule has 0 spiro atoms. The smallest absolute Gasteiger partial charge is 0.320 e. The Bertz CT molecular complexity index is 361. The molecule has 2 rings (SSSR count). The van der Waals surface area contributed by atoms with Crippen LogP contribution in [0, 0.1) is 5.92 Å². The molecule has 1 aliphatic rings. The first-order valence-corrected chi connectivity index (χ1v) is 5.66. The minimum absolute atomic E-state index is 0.0800. The molecule has 1 saturated heterocycles. The van der Waals surface area contributed by atoms with E-state index in [1.165, 1.54) is 5.56 Å². The van der Waals surface area contributed by atoms with Gasteiger partial charge in [0.25, 0.3) is 0 Å². The van der Waals surface area contributed by atoms with Crippen molar-refractivity contribution in [2.24, 2.45) is 5.92 Å². The SMILES string of the molecule is CC(C)[C@@H]1OC(=O)CN[C@@H]1c1ccccc1. The summed E-state index contributed by atoms with van der Waals surface area (Å²) in [5, 5.41) is 3.24. The third-order valence-electron chi connectivity index (χ3n) is 2.88. The van der Waals surface area contributed by atoms with Crippen LogP contribution in [0.1, 0.15) is 25.5 Å². The molecule has 3 heteroatoms. The van der Waals surface area contributed by atoms with E-state index in [-0.39, 0.29) is 18.1 Å². The number of rotatable bonds is 2. The molecule has 1 N–H and O–H groups in total. The van der Waals surface area contributed by atoms with Crippen molar-refractivity contribution in [3.8, 4) is 0 Å². The first-order chi connectivity index (χ1) is 7.68. The minimum atomic E-state index is -0.161. The lowest BCUT2D eigenvalue weighted by molar-refractivity contribution is -0.158. The third-order valence-corrected chi connectivity index (χ3v) is 2.88. The van der Waals surface area contributed by atoms with E-state index in [0.717, 1.165) is 0 Å². The van der Waals surface area contributed by atoms with Crippen molar-refractivity contribution >= 4 is 5.97 Å². The fraction of sp³-hybridized carbons (Fsp3) is 0.462. The van der Waals surface area contributed by atoms with E-state index < -0.39 is 0 Å². The fourth-order valence-electron chi connectivity index (χ4n) is 2.06. The second-order valence-corrected chi connectivity index (χ2v) is 4.47. The molecule has 1 aliphatic heterocycles. The monoisotopic (exact) mass is 219 g/mol. The highest BCUT2D eigenvalue weighted by atomic mass is 16.5. The highest BCUT2D eigenvalue weighted by molar-refractivity contribution is 5.72. The summed E-state index contributed by atoms with van der Waals surface area (Å²) in [6.07, 6.45) is -0.0800. The van der Waals surface area contributed by atoms with Gasteiger partial charge in [-0.3, -0.25) is 10.1 Å². The van der Waals surface area contributed by atoms with Gasteiger partial charge in [0.05, 0.1) is 12.6 Å². The molecule has 0 amide bonds. The van der Waals surface area contributed by atoms with Crippen molar-refractivity contribution in [2.75, 3.05) is 6.54 Å². The molecule has 1 aromatic carbocycles. The van der Waals surface area contributed by atoms with E-state index in [9.17, 15) is 4.79 Å². The number of cyclic esters (lactones) is 1. The Balaban J connectivity index is 2.22. The number of nitrogens with one attached hydrogen (secondary N) is 1. The second kappa shape index (κ2) is 4.66. The van der Waals surface area contributed by atoms with Gasteiger partial charge in [0.15, 0.2) is 0 Å². The Labute approximate surface area is 95.8 Å². The maximum absolute atomic E-state index is 11.3. The molecular formula is C13H17NO2. The number of carbonyl (C=O) groups is 1. The summed E-state index contributed by atoms with van der Waals surface area (Å²) >= 11 is 0. The Morgan fingerprint density at radius 2 is 2.00 bits per heavy atom. The van der Waals surface area contributed by atoms with Gasteiger partial charge in [0.1, 0.15) is 6.10 Å². The molecule has 0 saturated carbocycles. The molecule has 2 atom stereocenters. The van der Waals surface area contributed by atoms with Crippen LogP contribution in [0.2, 0.25) is 0 Å². The van der Waals surface area contributed by atoms with Crippen LogP contribution in [0.3, 0.4) is 0 Å². The molecule has 1 aromatic rings. The number of morpholine rings is 1. The molecule has 1 fully saturated rings. The largest absolute Gasteiger partial charge is 0.459 e. The first-order valence-electron chi connectivity index (χ1n) is 5.66. The molecule has 0 radical (unpaired) electrons. The van der Waals surface area contributed by atoms with Gasteiger partial charge in [0, 0.05) is 0 Å². The van der Waals surface area contributed by atoms with E-state index in [0.29, 0.717) is 12.5 Å². The molecule has 0 aliphatic carbocycles. The maximum Gasteiger partial charge on any atom is 0.320 e. The summed E-state index contributed by atoms with van der Waals surface area (Å²) in [5.41, 5.74) is 1.17. The lowest BCUT2D eigenvalue weighted by atomic mass is 9.92. The Hall–Kier alpha value is -1.35. The molecular weight excluding hydrogens is 202 g/mol.